The standard InChI is InChI=1S/C24H41N2O4P/c1-21(2)14-19(15-22(3,4)25(21)27)31(29,30-18-12-10-9-11-13-18)20-16-23(5,6)26(28)24(7,8)17-20/h9-13,19-20,27-28H,14-17H2,1-8H3. The summed E-state index contributed by atoms with van der Waals surface area (Å²) >= 11 is 0. The van der Waals surface area contributed by atoms with Crippen LogP contribution in [0.5, 0.6) is 5.75 Å². The molecule has 0 atom stereocenters. The van der Waals surface area contributed by atoms with Crippen LogP contribution in [0.4, 0.5) is 0 Å². The third-order valence-corrected chi connectivity index (χ3v) is 10.5. The van der Waals surface area contributed by atoms with Crippen LogP contribution in [-0.2, 0) is 4.57 Å². The Bertz CT molecular complexity index is 755. The first-order valence-corrected chi connectivity index (χ1v) is 13.1. The molecule has 0 saturated carbocycles. The van der Waals surface area contributed by atoms with Crippen molar-refractivity contribution in [3.63, 3.8) is 0 Å². The average molecular weight is 453 g/mol. The zero-order chi connectivity index (χ0) is 23.5. The minimum Gasteiger partial charge on any atom is -0.442 e. The van der Waals surface area contributed by atoms with Gasteiger partial charge >= 0.3 is 0 Å². The lowest BCUT2D eigenvalue weighted by atomic mass is 9.81. The van der Waals surface area contributed by atoms with Crippen molar-refractivity contribution >= 4 is 7.37 Å². The summed E-state index contributed by atoms with van der Waals surface area (Å²) in [6, 6.07) is 9.44. The fourth-order valence-electron chi connectivity index (χ4n) is 6.04. The van der Waals surface area contributed by atoms with Gasteiger partial charge in [-0.05, 0) is 93.2 Å². The molecule has 31 heavy (non-hydrogen) atoms. The van der Waals surface area contributed by atoms with Gasteiger partial charge in [0.15, 0.2) is 0 Å². The van der Waals surface area contributed by atoms with Crippen molar-refractivity contribution in [3.8, 4) is 5.75 Å². The van der Waals surface area contributed by atoms with E-state index in [4.69, 9.17) is 4.52 Å². The minimum atomic E-state index is -3.24. The Balaban J connectivity index is 2.07. The van der Waals surface area contributed by atoms with Crippen LogP contribution in [0.2, 0.25) is 0 Å². The van der Waals surface area contributed by atoms with Crippen LogP contribution >= 0.6 is 7.37 Å². The second kappa shape index (κ2) is 7.85. The quantitative estimate of drug-likeness (QED) is 0.533. The van der Waals surface area contributed by atoms with Gasteiger partial charge in [0, 0.05) is 22.2 Å². The fourth-order valence-corrected chi connectivity index (χ4v) is 10.2. The fraction of sp³-hybridized carbons (Fsp3) is 0.750. The van der Waals surface area contributed by atoms with E-state index in [-0.39, 0.29) is 11.3 Å². The number of hydrogen-bond acceptors (Lipinski definition) is 6. The molecule has 0 amide bonds. The highest BCUT2D eigenvalue weighted by Gasteiger charge is 2.58. The van der Waals surface area contributed by atoms with Gasteiger partial charge in [0.05, 0.1) is 11.3 Å². The second-order valence-electron chi connectivity index (χ2n) is 12.0. The Morgan fingerprint density at radius 3 is 1.39 bits per heavy atom. The number of piperidine rings is 2. The molecule has 1 aromatic carbocycles. The molecule has 0 radical (unpaired) electrons. The molecule has 2 saturated heterocycles. The molecular formula is C24H41N2O4P. The third-order valence-electron chi connectivity index (χ3n) is 7.24. The maximum Gasteiger partial charge on any atom is 0.254 e. The Morgan fingerprint density at radius 2 is 1.06 bits per heavy atom. The van der Waals surface area contributed by atoms with Gasteiger partial charge in [0.1, 0.15) is 5.75 Å². The number of benzene rings is 1. The van der Waals surface area contributed by atoms with Gasteiger partial charge in [0.2, 0.25) is 0 Å². The topological polar surface area (TPSA) is 73.2 Å². The SMILES string of the molecule is CC1(C)CC(P(=O)(Oc2ccccc2)C2CC(C)(C)N(O)C(C)(C)C2)CC(C)(C)N1O. The summed E-state index contributed by atoms with van der Waals surface area (Å²) in [5.74, 6) is 0.620. The highest BCUT2D eigenvalue weighted by molar-refractivity contribution is 7.61. The van der Waals surface area contributed by atoms with Gasteiger partial charge < -0.3 is 14.9 Å². The lowest BCUT2D eigenvalue weighted by Crippen LogP contribution is -2.62. The van der Waals surface area contributed by atoms with Crippen molar-refractivity contribution in [1.29, 1.82) is 0 Å². The Kier molecular flexibility index (Phi) is 6.26. The molecule has 7 heteroatoms. The maximum absolute atomic E-state index is 15.0. The van der Waals surface area contributed by atoms with Gasteiger partial charge in [-0.3, -0.25) is 4.57 Å². The number of hydroxylamine groups is 4. The predicted octanol–water partition coefficient (Wildman–Crippen LogP) is 6.17. The van der Waals surface area contributed by atoms with Crippen molar-refractivity contribution in [3.05, 3.63) is 30.3 Å². The molecule has 3 rings (SSSR count). The minimum absolute atomic E-state index is 0.192. The Morgan fingerprint density at radius 1 is 0.742 bits per heavy atom. The van der Waals surface area contributed by atoms with Gasteiger partial charge in [-0.25, -0.2) is 0 Å². The molecule has 2 heterocycles. The molecule has 0 unspecified atom stereocenters. The normalized spacial score (nSPS) is 27.2. The smallest absolute Gasteiger partial charge is 0.254 e. The molecule has 6 nitrogen and oxygen atoms in total. The van der Waals surface area contributed by atoms with Crippen LogP contribution in [0.15, 0.2) is 30.3 Å². The summed E-state index contributed by atoms with van der Waals surface area (Å²) in [5, 5.41) is 24.5. The van der Waals surface area contributed by atoms with E-state index in [0.29, 0.717) is 31.4 Å². The van der Waals surface area contributed by atoms with Crippen LogP contribution in [-0.4, -0.2) is 54.0 Å². The number of rotatable bonds is 4. The van der Waals surface area contributed by atoms with E-state index < -0.39 is 29.5 Å². The molecule has 1 aromatic rings. The predicted molar refractivity (Wildman–Crippen MR) is 124 cm³/mol. The first-order valence-electron chi connectivity index (χ1n) is 11.3. The average Bonchev–Trinajstić information content (AvgIpc) is 2.63. The van der Waals surface area contributed by atoms with Crippen LogP contribution in [0, 0.1) is 0 Å². The highest BCUT2D eigenvalue weighted by atomic mass is 31.2. The number of hydrogen-bond donors (Lipinski definition) is 2. The largest absolute Gasteiger partial charge is 0.442 e. The zero-order valence-corrected chi connectivity index (χ0v) is 21.3. The number of para-hydroxylation sites is 1. The van der Waals surface area contributed by atoms with E-state index in [1.165, 1.54) is 10.1 Å². The van der Waals surface area contributed by atoms with Crippen LogP contribution in [0.25, 0.3) is 0 Å². The molecule has 2 fully saturated rings. The van der Waals surface area contributed by atoms with E-state index >= 15 is 4.57 Å². The molecule has 176 valence electrons. The molecule has 2 aliphatic rings. The summed E-state index contributed by atoms with van der Waals surface area (Å²) in [4.78, 5) is 0. The van der Waals surface area contributed by atoms with Crippen molar-refractivity contribution in [2.75, 3.05) is 0 Å². The summed E-state index contributed by atoms with van der Waals surface area (Å²) in [5.41, 5.74) is -2.48. The van der Waals surface area contributed by atoms with Crippen molar-refractivity contribution in [2.45, 2.75) is 115 Å². The van der Waals surface area contributed by atoms with Crippen LogP contribution < -0.4 is 4.52 Å². The third kappa shape index (κ3) is 4.60. The first kappa shape index (κ1) is 24.7. The van der Waals surface area contributed by atoms with Crippen molar-refractivity contribution in [2.24, 2.45) is 0 Å². The van der Waals surface area contributed by atoms with E-state index in [1.54, 1.807) is 0 Å². The highest BCUT2D eigenvalue weighted by Crippen LogP contribution is 2.66. The second-order valence-corrected chi connectivity index (χ2v) is 15.0. The maximum atomic E-state index is 15.0. The summed E-state index contributed by atoms with van der Waals surface area (Å²) in [7, 11) is -3.24. The molecule has 2 aliphatic heterocycles. The number of nitrogens with zero attached hydrogens (tertiary/aromatic N) is 2. The summed E-state index contributed by atoms with van der Waals surface area (Å²) in [6.45, 7) is 16.0. The van der Waals surface area contributed by atoms with Gasteiger partial charge in [0.25, 0.3) is 7.37 Å². The van der Waals surface area contributed by atoms with Gasteiger partial charge in [-0.2, -0.15) is 10.1 Å². The van der Waals surface area contributed by atoms with E-state index in [2.05, 4.69) is 0 Å². The molecule has 2 N–H and O–H groups in total. The Labute approximate surface area is 187 Å². The lowest BCUT2D eigenvalue weighted by molar-refractivity contribution is -0.243. The molecule has 0 aromatic heterocycles. The van der Waals surface area contributed by atoms with E-state index in [0.717, 1.165) is 0 Å². The molecule has 0 aliphatic carbocycles. The van der Waals surface area contributed by atoms with Crippen molar-refractivity contribution < 1.29 is 19.5 Å². The zero-order valence-electron chi connectivity index (χ0n) is 20.4. The van der Waals surface area contributed by atoms with Crippen LogP contribution in [0.3, 0.4) is 0 Å². The Hall–Kier alpha value is -0.910. The monoisotopic (exact) mass is 452 g/mol. The first-order chi connectivity index (χ1) is 14.0. The van der Waals surface area contributed by atoms with Gasteiger partial charge in [-0.1, -0.05) is 18.2 Å². The summed E-state index contributed by atoms with van der Waals surface area (Å²) < 4.78 is 21.5. The molecular weight excluding hydrogens is 411 g/mol. The van der Waals surface area contributed by atoms with Crippen molar-refractivity contribution in [1.82, 2.24) is 10.1 Å². The lowest BCUT2D eigenvalue weighted by Gasteiger charge is -2.56. The van der Waals surface area contributed by atoms with Crippen LogP contribution in [0.1, 0.15) is 81.1 Å². The molecule has 0 spiro atoms. The van der Waals surface area contributed by atoms with E-state index in [9.17, 15) is 10.4 Å². The molecule has 0 bridgehead atoms. The summed E-state index contributed by atoms with van der Waals surface area (Å²) in [6.07, 6.45) is 2.32. The van der Waals surface area contributed by atoms with Gasteiger partial charge in [-0.15, -0.1) is 0 Å². The van der Waals surface area contributed by atoms with E-state index in [1.807, 2.05) is 85.7 Å².